The molecule has 1 aromatic rings. The highest BCUT2D eigenvalue weighted by Gasteiger charge is 2.22. The number of nitrogen functional groups attached to an aromatic ring is 1. The van der Waals surface area contributed by atoms with Crippen molar-refractivity contribution in [2.24, 2.45) is 5.41 Å². The minimum Gasteiger partial charge on any atom is -0.399 e. The van der Waals surface area contributed by atoms with Crippen molar-refractivity contribution in [1.82, 2.24) is 5.32 Å². The van der Waals surface area contributed by atoms with Gasteiger partial charge in [-0.1, -0.05) is 20.8 Å². The second-order valence-corrected chi connectivity index (χ2v) is 6.16. The number of nitrogens with two attached hydrogens (primary N) is 1. The summed E-state index contributed by atoms with van der Waals surface area (Å²) in [5, 5.41) is 5.84. The molecule has 0 aliphatic heterocycles. The molecular weight excluding hydrogens is 314 g/mol. The Labute approximate surface area is 120 Å². The zero-order chi connectivity index (χ0) is 13.9. The van der Waals surface area contributed by atoms with E-state index >= 15 is 0 Å². The molecule has 0 radical (unpaired) electrons. The van der Waals surface area contributed by atoms with Crippen LogP contribution in [0.15, 0.2) is 22.7 Å². The fourth-order valence-electron chi connectivity index (χ4n) is 1.08. The summed E-state index contributed by atoms with van der Waals surface area (Å²) in [5.74, 6) is -0.133. The molecule has 0 saturated carbocycles. The van der Waals surface area contributed by atoms with Gasteiger partial charge in [0.15, 0.2) is 5.11 Å². The average Bonchev–Trinajstić information content (AvgIpc) is 2.20. The van der Waals surface area contributed by atoms with Gasteiger partial charge in [0.25, 0.3) is 0 Å². The maximum absolute atomic E-state index is 11.7. The maximum atomic E-state index is 11.7. The van der Waals surface area contributed by atoms with Gasteiger partial charge in [0.1, 0.15) is 0 Å². The summed E-state index contributed by atoms with van der Waals surface area (Å²) in [6.07, 6.45) is 0. The number of benzene rings is 1. The number of hydrogen-bond donors (Lipinski definition) is 3. The second-order valence-electron chi connectivity index (χ2n) is 4.90. The van der Waals surface area contributed by atoms with E-state index in [1.54, 1.807) is 18.2 Å². The largest absolute Gasteiger partial charge is 0.399 e. The summed E-state index contributed by atoms with van der Waals surface area (Å²) in [5.41, 5.74) is 6.56. The van der Waals surface area contributed by atoms with Crippen LogP contribution in [0.1, 0.15) is 20.8 Å². The molecule has 4 nitrogen and oxygen atoms in total. The number of carbonyl (C=O) groups excluding carboxylic acids is 1. The first kappa shape index (κ1) is 14.9. The Hall–Kier alpha value is -1.14. The summed E-state index contributed by atoms with van der Waals surface area (Å²) in [7, 11) is 0. The number of thiocarbonyl (C=S) groups is 1. The molecule has 0 atom stereocenters. The number of amides is 1. The molecule has 0 unspecified atom stereocenters. The lowest BCUT2D eigenvalue weighted by atomic mass is 9.96. The van der Waals surface area contributed by atoms with Crippen molar-refractivity contribution >= 4 is 50.5 Å². The summed E-state index contributed by atoms with van der Waals surface area (Å²) in [6.45, 7) is 5.47. The molecule has 0 bridgehead atoms. The van der Waals surface area contributed by atoms with E-state index in [2.05, 4.69) is 26.6 Å². The van der Waals surface area contributed by atoms with Crippen LogP contribution in [0.25, 0.3) is 0 Å². The predicted molar refractivity (Wildman–Crippen MR) is 82.4 cm³/mol. The van der Waals surface area contributed by atoms with E-state index in [-0.39, 0.29) is 11.0 Å². The fraction of sp³-hybridized carbons (Fsp3) is 0.333. The Morgan fingerprint density at radius 1 is 1.39 bits per heavy atom. The molecule has 1 aromatic carbocycles. The highest BCUT2D eigenvalue weighted by Crippen LogP contribution is 2.24. The van der Waals surface area contributed by atoms with Crippen LogP contribution in [0.3, 0.4) is 0 Å². The maximum Gasteiger partial charge on any atom is 0.231 e. The standard InChI is InChI=1S/C12H16BrN3OS/c1-12(2,3)10(17)16-11(18)15-9-5-4-7(14)6-8(9)13/h4-6H,14H2,1-3H3,(H2,15,16,17,18). The minimum absolute atomic E-state index is 0.133. The van der Waals surface area contributed by atoms with E-state index in [4.69, 9.17) is 18.0 Å². The van der Waals surface area contributed by atoms with E-state index in [1.807, 2.05) is 20.8 Å². The lowest BCUT2D eigenvalue weighted by molar-refractivity contribution is -0.126. The van der Waals surface area contributed by atoms with Gasteiger partial charge in [-0.15, -0.1) is 0 Å². The second kappa shape index (κ2) is 5.67. The van der Waals surface area contributed by atoms with Crippen LogP contribution in [0.2, 0.25) is 0 Å². The molecule has 0 fully saturated rings. The van der Waals surface area contributed by atoms with Gasteiger partial charge >= 0.3 is 0 Å². The normalized spacial score (nSPS) is 10.9. The topological polar surface area (TPSA) is 67.2 Å². The van der Waals surface area contributed by atoms with Crippen molar-refractivity contribution in [2.45, 2.75) is 20.8 Å². The van der Waals surface area contributed by atoms with Gasteiger partial charge in [-0.3, -0.25) is 4.79 Å². The number of halogens is 1. The molecule has 0 aromatic heterocycles. The van der Waals surface area contributed by atoms with Gasteiger partial charge in [0, 0.05) is 15.6 Å². The molecule has 0 saturated heterocycles. The van der Waals surface area contributed by atoms with E-state index in [9.17, 15) is 4.79 Å². The van der Waals surface area contributed by atoms with Crippen molar-refractivity contribution in [3.63, 3.8) is 0 Å². The van der Waals surface area contributed by atoms with Crippen LogP contribution in [0, 0.1) is 5.41 Å². The summed E-state index contributed by atoms with van der Waals surface area (Å²) < 4.78 is 0.787. The lowest BCUT2D eigenvalue weighted by Gasteiger charge is -2.19. The fourth-order valence-corrected chi connectivity index (χ4v) is 1.78. The average molecular weight is 330 g/mol. The van der Waals surface area contributed by atoms with E-state index in [0.29, 0.717) is 5.69 Å². The Morgan fingerprint density at radius 3 is 2.50 bits per heavy atom. The molecule has 4 N–H and O–H groups in total. The molecule has 1 rings (SSSR count). The smallest absolute Gasteiger partial charge is 0.231 e. The number of anilines is 2. The van der Waals surface area contributed by atoms with Crippen LogP contribution in [0.5, 0.6) is 0 Å². The molecule has 1 amide bonds. The molecule has 0 heterocycles. The first-order valence-electron chi connectivity index (χ1n) is 5.37. The van der Waals surface area contributed by atoms with Crippen LogP contribution in [-0.2, 0) is 4.79 Å². The van der Waals surface area contributed by atoms with Gasteiger partial charge in [0.2, 0.25) is 5.91 Å². The molecule has 0 aliphatic carbocycles. The molecule has 0 aliphatic rings. The monoisotopic (exact) mass is 329 g/mol. The van der Waals surface area contributed by atoms with Gasteiger partial charge in [-0.25, -0.2) is 0 Å². The van der Waals surface area contributed by atoms with Crippen LogP contribution in [0.4, 0.5) is 11.4 Å². The van der Waals surface area contributed by atoms with Crippen LogP contribution in [-0.4, -0.2) is 11.0 Å². The number of carbonyl (C=O) groups is 1. The molecular formula is C12H16BrN3OS. The Balaban J connectivity index is 2.68. The van der Waals surface area contributed by atoms with Gasteiger partial charge < -0.3 is 16.4 Å². The first-order valence-corrected chi connectivity index (χ1v) is 6.58. The van der Waals surface area contributed by atoms with Crippen molar-refractivity contribution in [3.8, 4) is 0 Å². The third-order valence-electron chi connectivity index (χ3n) is 2.15. The zero-order valence-corrected chi connectivity index (χ0v) is 12.9. The van der Waals surface area contributed by atoms with E-state index < -0.39 is 5.41 Å². The predicted octanol–water partition coefficient (Wildman–Crippen LogP) is 2.89. The molecule has 6 heteroatoms. The van der Waals surface area contributed by atoms with Gasteiger partial charge in [-0.05, 0) is 46.3 Å². The summed E-state index contributed by atoms with van der Waals surface area (Å²) >= 11 is 8.44. The number of hydrogen-bond acceptors (Lipinski definition) is 3. The number of rotatable bonds is 1. The summed E-state index contributed by atoms with van der Waals surface area (Å²) in [4.78, 5) is 11.7. The van der Waals surface area contributed by atoms with Crippen molar-refractivity contribution in [1.29, 1.82) is 0 Å². The summed E-state index contributed by atoms with van der Waals surface area (Å²) in [6, 6.07) is 5.30. The van der Waals surface area contributed by atoms with Crippen molar-refractivity contribution < 1.29 is 4.79 Å². The first-order chi connectivity index (χ1) is 8.20. The van der Waals surface area contributed by atoms with E-state index in [1.165, 1.54) is 0 Å². The van der Waals surface area contributed by atoms with Crippen LogP contribution >= 0.6 is 28.1 Å². The minimum atomic E-state index is -0.482. The van der Waals surface area contributed by atoms with Crippen molar-refractivity contribution in [3.05, 3.63) is 22.7 Å². The molecule has 18 heavy (non-hydrogen) atoms. The van der Waals surface area contributed by atoms with Gasteiger partial charge in [0.05, 0.1) is 5.69 Å². The highest BCUT2D eigenvalue weighted by molar-refractivity contribution is 9.10. The Kier molecular flexibility index (Phi) is 4.70. The third kappa shape index (κ3) is 4.27. The highest BCUT2D eigenvalue weighted by atomic mass is 79.9. The SMILES string of the molecule is CC(C)(C)C(=O)NC(=S)Nc1ccc(N)cc1Br. The molecule has 0 spiro atoms. The van der Waals surface area contributed by atoms with Crippen molar-refractivity contribution in [2.75, 3.05) is 11.1 Å². The quantitative estimate of drug-likeness (QED) is 0.547. The molecule has 98 valence electrons. The Bertz CT molecular complexity index is 483. The third-order valence-corrected chi connectivity index (χ3v) is 3.01. The van der Waals surface area contributed by atoms with E-state index in [0.717, 1.165) is 10.2 Å². The number of nitrogens with one attached hydrogen (secondary N) is 2. The zero-order valence-electron chi connectivity index (χ0n) is 10.5. The lowest BCUT2D eigenvalue weighted by Crippen LogP contribution is -2.41. The Morgan fingerprint density at radius 2 is 2.00 bits per heavy atom. The van der Waals surface area contributed by atoms with Crippen LogP contribution < -0.4 is 16.4 Å². The van der Waals surface area contributed by atoms with Gasteiger partial charge in [-0.2, -0.15) is 0 Å².